The van der Waals surface area contributed by atoms with Crippen molar-refractivity contribution in [2.45, 2.75) is 26.1 Å². The van der Waals surface area contributed by atoms with Gasteiger partial charge < -0.3 is 13.9 Å². The summed E-state index contributed by atoms with van der Waals surface area (Å²) in [5.41, 5.74) is 0.454. The number of esters is 1. The van der Waals surface area contributed by atoms with E-state index in [1.165, 1.54) is 24.3 Å². The lowest BCUT2D eigenvalue weighted by molar-refractivity contribution is -0.384. The van der Waals surface area contributed by atoms with E-state index in [0.717, 1.165) is 0 Å². The largest absolute Gasteiger partial charge is 0.479 e. The predicted octanol–water partition coefficient (Wildman–Crippen LogP) is 4.37. The van der Waals surface area contributed by atoms with Gasteiger partial charge in [0.25, 0.3) is 11.6 Å². The second-order valence-corrected chi connectivity index (χ2v) is 6.48. The lowest BCUT2D eigenvalue weighted by Gasteiger charge is -2.16. The van der Waals surface area contributed by atoms with Crippen LogP contribution in [0.4, 0.5) is 5.69 Å². The number of non-ortho nitro benzene ring substituents is 1. The van der Waals surface area contributed by atoms with Gasteiger partial charge in [-0.3, -0.25) is 10.1 Å². The molecule has 29 heavy (non-hydrogen) atoms. The average Bonchev–Trinajstić information content (AvgIpc) is 3.18. The SMILES string of the molecule is CC(Oc1cccc(Cl)c1)C(=O)OC(C)c1nnc(-c2ccc([N+](=O)[O-])cc2)o1. The standard InChI is InChI=1S/C19H16ClN3O6/c1-11(28-19(24)12(2)27-16-5-3-4-14(20)10-16)17-21-22-18(29-17)13-6-8-15(9-7-13)23(25)26/h3-12H,1-2H3. The Morgan fingerprint density at radius 2 is 1.90 bits per heavy atom. The zero-order valence-electron chi connectivity index (χ0n) is 15.4. The highest BCUT2D eigenvalue weighted by atomic mass is 35.5. The molecule has 1 aromatic heterocycles. The minimum atomic E-state index is -0.881. The Bertz CT molecular complexity index is 1020. The molecule has 0 fully saturated rings. The van der Waals surface area contributed by atoms with Crippen molar-refractivity contribution in [2.24, 2.45) is 0 Å². The van der Waals surface area contributed by atoms with Gasteiger partial charge in [0.05, 0.1) is 4.92 Å². The number of carbonyl (C=O) groups is 1. The molecule has 3 rings (SSSR count). The van der Waals surface area contributed by atoms with E-state index in [-0.39, 0.29) is 17.5 Å². The van der Waals surface area contributed by atoms with E-state index in [2.05, 4.69) is 10.2 Å². The summed E-state index contributed by atoms with van der Waals surface area (Å²) in [4.78, 5) is 22.5. The van der Waals surface area contributed by atoms with Crippen LogP contribution in [0.1, 0.15) is 25.8 Å². The Kier molecular flexibility index (Phi) is 6.08. The normalized spacial score (nSPS) is 12.8. The summed E-state index contributed by atoms with van der Waals surface area (Å²) < 4.78 is 16.4. The van der Waals surface area contributed by atoms with E-state index in [1.807, 2.05) is 0 Å². The molecule has 2 atom stereocenters. The molecule has 150 valence electrons. The van der Waals surface area contributed by atoms with E-state index < -0.39 is 23.1 Å². The monoisotopic (exact) mass is 417 g/mol. The summed E-state index contributed by atoms with van der Waals surface area (Å²) in [6, 6.07) is 12.3. The summed E-state index contributed by atoms with van der Waals surface area (Å²) in [5.74, 6) is 0.0584. The quantitative estimate of drug-likeness (QED) is 0.316. The van der Waals surface area contributed by atoms with Crippen LogP contribution in [-0.4, -0.2) is 27.2 Å². The molecule has 0 spiro atoms. The van der Waals surface area contributed by atoms with Crippen LogP contribution >= 0.6 is 11.6 Å². The molecule has 0 N–H and O–H groups in total. The van der Waals surface area contributed by atoms with E-state index in [4.69, 9.17) is 25.5 Å². The fraction of sp³-hybridized carbons (Fsp3) is 0.211. The molecule has 2 aromatic carbocycles. The highest BCUT2D eigenvalue weighted by Crippen LogP contribution is 2.25. The molecule has 0 aliphatic heterocycles. The molecule has 2 unspecified atom stereocenters. The number of rotatable bonds is 7. The minimum absolute atomic E-state index is 0.0514. The van der Waals surface area contributed by atoms with Crippen LogP contribution in [0, 0.1) is 10.1 Å². The maximum Gasteiger partial charge on any atom is 0.347 e. The summed E-state index contributed by atoms with van der Waals surface area (Å²) in [5, 5.41) is 19.0. The fourth-order valence-electron chi connectivity index (χ4n) is 2.35. The zero-order chi connectivity index (χ0) is 21.0. The third kappa shape index (κ3) is 5.08. The first-order valence-corrected chi connectivity index (χ1v) is 8.92. The number of aromatic nitrogens is 2. The van der Waals surface area contributed by atoms with Crippen molar-refractivity contribution in [3.05, 3.63) is 69.6 Å². The van der Waals surface area contributed by atoms with E-state index >= 15 is 0 Å². The van der Waals surface area contributed by atoms with Crippen molar-refractivity contribution in [1.29, 1.82) is 0 Å². The number of nitrogens with zero attached hydrogens (tertiary/aromatic N) is 3. The average molecular weight is 418 g/mol. The van der Waals surface area contributed by atoms with Gasteiger partial charge in [0.15, 0.2) is 12.2 Å². The maximum absolute atomic E-state index is 12.3. The Balaban J connectivity index is 1.62. The van der Waals surface area contributed by atoms with E-state index in [9.17, 15) is 14.9 Å². The van der Waals surface area contributed by atoms with Crippen LogP contribution in [0.3, 0.4) is 0 Å². The van der Waals surface area contributed by atoms with Crippen molar-refractivity contribution < 1.29 is 23.6 Å². The van der Waals surface area contributed by atoms with Crippen LogP contribution in [0.5, 0.6) is 5.75 Å². The number of hydrogen-bond acceptors (Lipinski definition) is 8. The predicted molar refractivity (Wildman–Crippen MR) is 102 cm³/mol. The molecule has 0 aliphatic carbocycles. The molecule has 9 nitrogen and oxygen atoms in total. The van der Waals surface area contributed by atoms with Crippen LogP contribution in [-0.2, 0) is 9.53 Å². The molecular formula is C19H16ClN3O6. The Morgan fingerprint density at radius 1 is 1.17 bits per heavy atom. The van der Waals surface area contributed by atoms with Gasteiger partial charge in [0.2, 0.25) is 5.89 Å². The third-order valence-electron chi connectivity index (χ3n) is 3.85. The Labute approximate surface area is 170 Å². The van der Waals surface area contributed by atoms with Crippen molar-refractivity contribution in [2.75, 3.05) is 0 Å². The summed E-state index contributed by atoms with van der Waals surface area (Å²) in [6.45, 7) is 3.13. The van der Waals surface area contributed by atoms with Crippen LogP contribution in [0.2, 0.25) is 5.02 Å². The van der Waals surface area contributed by atoms with Gasteiger partial charge in [-0.25, -0.2) is 4.79 Å². The molecule has 0 aliphatic rings. The minimum Gasteiger partial charge on any atom is -0.479 e. The Hall–Kier alpha value is -3.46. The molecule has 0 saturated carbocycles. The van der Waals surface area contributed by atoms with Crippen molar-refractivity contribution in [1.82, 2.24) is 10.2 Å². The molecule has 0 radical (unpaired) electrons. The van der Waals surface area contributed by atoms with Crippen molar-refractivity contribution in [3.8, 4) is 17.2 Å². The first-order valence-electron chi connectivity index (χ1n) is 8.54. The number of nitro benzene ring substituents is 1. The Morgan fingerprint density at radius 3 is 2.55 bits per heavy atom. The molecule has 1 heterocycles. The smallest absolute Gasteiger partial charge is 0.347 e. The molecule has 0 bridgehead atoms. The summed E-state index contributed by atoms with van der Waals surface area (Å²) >= 11 is 5.89. The number of halogens is 1. The van der Waals surface area contributed by atoms with Gasteiger partial charge in [-0.05, 0) is 44.2 Å². The topological polar surface area (TPSA) is 118 Å². The van der Waals surface area contributed by atoms with Gasteiger partial charge in [-0.2, -0.15) is 0 Å². The van der Waals surface area contributed by atoms with Gasteiger partial charge in [-0.15, -0.1) is 10.2 Å². The first kappa shape index (κ1) is 20.3. The fourth-order valence-corrected chi connectivity index (χ4v) is 2.53. The highest BCUT2D eigenvalue weighted by Gasteiger charge is 2.24. The second-order valence-electron chi connectivity index (χ2n) is 6.05. The maximum atomic E-state index is 12.3. The van der Waals surface area contributed by atoms with E-state index in [1.54, 1.807) is 38.1 Å². The van der Waals surface area contributed by atoms with Gasteiger partial charge in [0.1, 0.15) is 5.75 Å². The number of ether oxygens (including phenoxy) is 2. The number of carbonyl (C=O) groups excluding carboxylic acids is 1. The summed E-state index contributed by atoms with van der Waals surface area (Å²) in [6.07, 6.45) is -1.69. The number of hydrogen-bond donors (Lipinski definition) is 0. The first-order chi connectivity index (χ1) is 13.8. The van der Waals surface area contributed by atoms with Gasteiger partial charge in [-0.1, -0.05) is 17.7 Å². The molecule has 0 saturated heterocycles. The highest BCUT2D eigenvalue weighted by molar-refractivity contribution is 6.30. The summed E-state index contributed by atoms with van der Waals surface area (Å²) in [7, 11) is 0. The van der Waals surface area contributed by atoms with Crippen molar-refractivity contribution in [3.63, 3.8) is 0 Å². The van der Waals surface area contributed by atoms with Gasteiger partial charge >= 0.3 is 5.97 Å². The lowest BCUT2D eigenvalue weighted by Crippen LogP contribution is -2.27. The molecule has 0 amide bonds. The molecular weight excluding hydrogens is 402 g/mol. The second kappa shape index (κ2) is 8.70. The van der Waals surface area contributed by atoms with Crippen LogP contribution < -0.4 is 4.74 Å². The van der Waals surface area contributed by atoms with Crippen LogP contribution in [0.15, 0.2) is 52.9 Å². The van der Waals surface area contributed by atoms with Gasteiger partial charge in [0, 0.05) is 22.7 Å². The zero-order valence-corrected chi connectivity index (χ0v) is 16.2. The van der Waals surface area contributed by atoms with E-state index in [0.29, 0.717) is 16.3 Å². The molecule has 10 heteroatoms. The number of nitro groups is 1. The van der Waals surface area contributed by atoms with Crippen molar-refractivity contribution >= 4 is 23.3 Å². The third-order valence-corrected chi connectivity index (χ3v) is 4.08. The molecule has 3 aromatic rings. The number of benzene rings is 2. The van der Waals surface area contributed by atoms with Crippen LogP contribution in [0.25, 0.3) is 11.5 Å². The lowest BCUT2D eigenvalue weighted by atomic mass is 10.2.